The maximum Gasteiger partial charge on any atom is 0.224 e. The van der Waals surface area contributed by atoms with Gasteiger partial charge in [0.1, 0.15) is 6.07 Å². The molecule has 0 spiro atoms. The number of carbonyl (C=O) groups is 1. The normalized spacial score (nSPS) is 14.7. The van der Waals surface area contributed by atoms with Gasteiger partial charge in [0, 0.05) is 26.1 Å². The molecule has 1 aliphatic rings. The van der Waals surface area contributed by atoms with Gasteiger partial charge >= 0.3 is 0 Å². The van der Waals surface area contributed by atoms with Crippen molar-refractivity contribution in [2.24, 2.45) is 0 Å². The van der Waals surface area contributed by atoms with Crippen molar-refractivity contribution >= 4 is 17.3 Å². The minimum absolute atomic E-state index is 0.107. The number of morpholine rings is 1. The first-order valence-electron chi connectivity index (χ1n) is 6.60. The number of benzene rings is 1. The molecule has 0 bridgehead atoms. The Balaban J connectivity index is 1.84. The number of nitrogens with one attached hydrogen (secondary N) is 1. The Hall–Kier alpha value is -2.26. The summed E-state index contributed by atoms with van der Waals surface area (Å²) in [6.07, 6.45) is 0.399. The number of nitriles is 1. The maximum atomic E-state index is 11.9. The minimum atomic E-state index is 0.107. The second-order valence-electron chi connectivity index (χ2n) is 4.55. The average molecular weight is 274 g/mol. The predicted molar refractivity (Wildman–Crippen MR) is 76.1 cm³/mol. The van der Waals surface area contributed by atoms with Gasteiger partial charge < -0.3 is 20.7 Å². The lowest BCUT2D eigenvalue weighted by Crippen LogP contribution is -2.41. The van der Waals surface area contributed by atoms with Gasteiger partial charge in [-0.25, -0.2) is 0 Å². The Morgan fingerprint density at radius 2 is 2.20 bits per heavy atom. The van der Waals surface area contributed by atoms with E-state index in [1.54, 1.807) is 23.1 Å². The Morgan fingerprint density at radius 1 is 1.45 bits per heavy atom. The van der Waals surface area contributed by atoms with E-state index in [4.69, 9.17) is 15.7 Å². The molecule has 106 valence electrons. The molecule has 20 heavy (non-hydrogen) atoms. The molecule has 6 nitrogen and oxygen atoms in total. The van der Waals surface area contributed by atoms with E-state index in [9.17, 15) is 4.79 Å². The van der Waals surface area contributed by atoms with Gasteiger partial charge in [0.15, 0.2) is 0 Å². The number of ether oxygens (including phenoxy) is 1. The number of nitrogen functional groups attached to an aromatic ring is 1. The van der Waals surface area contributed by atoms with Crippen LogP contribution in [-0.2, 0) is 9.53 Å². The number of nitrogens with two attached hydrogens (primary N) is 1. The highest BCUT2D eigenvalue weighted by atomic mass is 16.5. The second kappa shape index (κ2) is 6.78. The van der Waals surface area contributed by atoms with Crippen LogP contribution in [0.3, 0.4) is 0 Å². The van der Waals surface area contributed by atoms with Gasteiger partial charge in [0.2, 0.25) is 5.91 Å². The van der Waals surface area contributed by atoms with Crippen molar-refractivity contribution in [1.82, 2.24) is 4.90 Å². The fourth-order valence-electron chi connectivity index (χ4n) is 2.09. The Bertz CT molecular complexity index is 518. The molecule has 1 aromatic rings. The number of amides is 1. The molecule has 1 amide bonds. The highest BCUT2D eigenvalue weighted by molar-refractivity contribution is 5.78. The van der Waals surface area contributed by atoms with Crippen LogP contribution < -0.4 is 11.1 Å². The van der Waals surface area contributed by atoms with E-state index in [0.717, 1.165) is 0 Å². The summed E-state index contributed by atoms with van der Waals surface area (Å²) in [4.78, 5) is 13.7. The first-order chi connectivity index (χ1) is 9.72. The fraction of sp³-hybridized carbons (Fsp3) is 0.429. The van der Waals surface area contributed by atoms with Crippen LogP contribution >= 0.6 is 0 Å². The second-order valence-corrected chi connectivity index (χ2v) is 4.55. The highest BCUT2D eigenvalue weighted by Crippen LogP contribution is 2.21. The summed E-state index contributed by atoms with van der Waals surface area (Å²) < 4.78 is 5.21. The van der Waals surface area contributed by atoms with Crippen LogP contribution in [0.4, 0.5) is 11.4 Å². The van der Waals surface area contributed by atoms with Gasteiger partial charge in [0.25, 0.3) is 0 Å². The molecular weight excluding hydrogens is 256 g/mol. The van der Waals surface area contributed by atoms with Crippen molar-refractivity contribution < 1.29 is 9.53 Å². The monoisotopic (exact) mass is 274 g/mol. The minimum Gasteiger partial charge on any atom is -0.396 e. The number of carbonyl (C=O) groups excluding carboxylic acids is 1. The Kier molecular flexibility index (Phi) is 4.80. The van der Waals surface area contributed by atoms with E-state index in [2.05, 4.69) is 5.32 Å². The van der Waals surface area contributed by atoms with Crippen LogP contribution in [0.25, 0.3) is 0 Å². The molecule has 0 aromatic heterocycles. The number of rotatable bonds is 4. The number of hydrogen-bond donors (Lipinski definition) is 2. The van der Waals surface area contributed by atoms with Gasteiger partial charge in [-0.2, -0.15) is 5.26 Å². The van der Waals surface area contributed by atoms with Crippen molar-refractivity contribution in [1.29, 1.82) is 5.26 Å². The molecule has 2 rings (SSSR count). The van der Waals surface area contributed by atoms with Gasteiger partial charge in [-0.15, -0.1) is 0 Å². The lowest BCUT2D eigenvalue weighted by molar-refractivity contribution is -0.134. The van der Waals surface area contributed by atoms with Crippen LogP contribution in [0, 0.1) is 11.3 Å². The Morgan fingerprint density at radius 3 is 2.90 bits per heavy atom. The van der Waals surface area contributed by atoms with E-state index >= 15 is 0 Å². The van der Waals surface area contributed by atoms with Crippen molar-refractivity contribution in [3.8, 4) is 6.07 Å². The molecular formula is C14H18N4O2. The zero-order chi connectivity index (χ0) is 14.4. The van der Waals surface area contributed by atoms with Crippen molar-refractivity contribution in [2.75, 3.05) is 43.9 Å². The van der Waals surface area contributed by atoms with E-state index in [1.165, 1.54) is 0 Å². The van der Waals surface area contributed by atoms with Crippen LogP contribution in [0.1, 0.15) is 12.0 Å². The summed E-state index contributed by atoms with van der Waals surface area (Å²) in [5.41, 5.74) is 7.41. The molecule has 1 aliphatic heterocycles. The van der Waals surface area contributed by atoms with Crippen LogP contribution in [0.15, 0.2) is 18.2 Å². The summed E-state index contributed by atoms with van der Waals surface area (Å²) in [6, 6.07) is 7.26. The molecule has 1 fully saturated rings. The van der Waals surface area contributed by atoms with Crippen LogP contribution in [0.2, 0.25) is 0 Å². The summed E-state index contributed by atoms with van der Waals surface area (Å²) in [6.45, 7) is 3.03. The highest BCUT2D eigenvalue weighted by Gasteiger charge is 2.16. The zero-order valence-electron chi connectivity index (χ0n) is 11.3. The van der Waals surface area contributed by atoms with E-state index in [1.807, 2.05) is 6.07 Å². The lowest BCUT2D eigenvalue weighted by Gasteiger charge is -2.27. The molecule has 0 saturated carbocycles. The summed E-state index contributed by atoms with van der Waals surface area (Å²) >= 11 is 0. The topological polar surface area (TPSA) is 91.4 Å². The molecule has 0 unspecified atom stereocenters. The summed E-state index contributed by atoms with van der Waals surface area (Å²) in [5.74, 6) is 0.107. The molecule has 1 saturated heterocycles. The molecule has 0 radical (unpaired) electrons. The molecule has 0 atom stereocenters. The van der Waals surface area contributed by atoms with Crippen LogP contribution in [-0.4, -0.2) is 43.7 Å². The van der Waals surface area contributed by atoms with Gasteiger partial charge in [-0.05, 0) is 12.1 Å². The third-order valence-corrected chi connectivity index (χ3v) is 3.24. The largest absolute Gasteiger partial charge is 0.396 e. The van der Waals surface area contributed by atoms with E-state index in [0.29, 0.717) is 56.2 Å². The number of nitrogens with zero attached hydrogens (tertiary/aromatic N) is 2. The molecule has 1 aromatic carbocycles. The first kappa shape index (κ1) is 14.2. The van der Waals surface area contributed by atoms with E-state index in [-0.39, 0.29) is 5.91 Å². The zero-order valence-corrected chi connectivity index (χ0v) is 11.3. The van der Waals surface area contributed by atoms with Gasteiger partial charge in [-0.3, -0.25) is 4.79 Å². The smallest absolute Gasteiger partial charge is 0.224 e. The maximum absolute atomic E-state index is 11.9. The fourth-order valence-corrected chi connectivity index (χ4v) is 2.09. The number of anilines is 2. The third-order valence-electron chi connectivity index (χ3n) is 3.24. The average Bonchev–Trinajstić information content (AvgIpc) is 2.49. The first-order valence-corrected chi connectivity index (χ1v) is 6.60. The number of para-hydroxylation sites is 1. The SMILES string of the molecule is N#Cc1cccc(NCCC(=O)N2CCOCC2)c1N. The predicted octanol–water partition coefficient (Wildman–Crippen LogP) is 0.801. The third kappa shape index (κ3) is 3.39. The summed E-state index contributed by atoms with van der Waals surface area (Å²) in [7, 11) is 0. The molecule has 6 heteroatoms. The molecule has 1 heterocycles. The standard InChI is InChI=1S/C14H18N4O2/c15-10-11-2-1-3-12(14(11)16)17-5-4-13(19)18-6-8-20-9-7-18/h1-3,17H,4-9,16H2. The Labute approximate surface area is 118 Å². The molecule has 0 aliphatic carbocycles. The summed E-state index contributed by atoms with van der Waals surface area (Å²) in [5, 5.41) is 12.0. The molecule has 3 N–H and O–H groups in total. The van der Waals surface area contributed by atoms with Crippen molar-refractivity contribution in [2.45, 2.75) is 6.42 Å². The van der Waals surface area contributed by atoms with Crippen LogP contribution in [0.5, 0.6) is 0 Å². The van der Waals surface area contributed by atoms with Crippen molar-refractivity contribution in [3.63, 3.8) is 0 Å². The lowest BCUT2D eigenvalue weighted by atomic mass is 10.1. The van der Waals surface area contributed by atoms with Crippen molar-refractivity contribution in [3.05, 3.63) is 23.8 Å². The number of hydrogen-bond acceptors (Lipinski definition) is 5. The quantitative estimate of drug-likeness (QED) is 0.792. The van der Waals surface area contributed by atoms with E-state index < -0.39 is 0 Å². The van der Waals surface area contributed by atoms with Gasteiger partial charge in [-0.1, -0.05) is 6.07 Å². The van der Waals surface area contributed by atoms with Gasteiger partial charge in [0.05, 0.1) is 30.2 Å².